The van der Waals surface area contributed by atoms with Crippen molar-refractivity contribution in [1.29, 1.82) is 0 Å². The highest BCUT2D eigenvalue weighted by atomic mass is 32.2. The van der Waals surface area contributed by atoms with Crippen LogP contribution in [0.3, 0.4) is 0 Å². The van der Waals surface area contributed by atoms with E-state index < -0.39 is 15.0 Å². The van der Waals surface area contributed by atoms with Gasteiger partial charge in [0.2, 0.25) is 0 Å². The van der Waals surface area contributed by atoms with E-state index in [9.17, 15) is 13.0 Å². The Kier molecular flexibility index (Phi) is 14.8. The van der Waals surface area contributed by atoms with Gasteiger partial charge < -0.3 is 0 Å². The summed E-state index contributed by atoms with van der Waals surface area (Å²) < 4.78 is 32.6. The molecule has 0 aliphatic carbocycles. The lowest BCUT2D eigenvalue weighted by Gasteiger charge is -2.31. The molecule has 0 aromatic carbocycles. The summed E-state index contributed by atoms with van der Waals surface area (Å²) in [5.41, 5.74) is 0. The number of unbranched alkanes of at least 4 members (excludes halogenated alkanes) is 13. The third kappa shape index (κ3) is 11.6. The number of hydrogen-bond acceptors (Lipinski definition) is 3. The van der Waals surface area contributed by atoms with Gasteiger partial charge in [-0.1, -0.05) is 104 Å². The van der Waals surface area contributed by atoms with Crippen molar-refractivity contribution in [3.63, 3.8) is 0 Å². The molecule has 0 aliphatic rings. The molecular weight excluding hydrogens is 346 g/mol. The predicted molar refractivity (Wildman–Crippen MR) is 113 cm³/mol. The lowest BCUT2D eigenvalue weighted by atomic mass is 10.0. The van der Waals surface area contributed by atoms with Gasteiger partial charge in [-0.05, 0) is 25.8 Å². The fraction of sp³-hybridized carbons (Fsp3) is 1.00. The maximum atomic E-state index is 11.6. The standard InChI is InChI=1S/C21H45NO3S/c1-5-6-7-8-9-10-11-12-13-14-15-16-17-18-19-22-21(4,20(2)3)26(23,24)25/h20,22H,5-19H2,1-4H3,(H,23,24,25). The Balaban J connectivity index is 3.49. The van der Waals surface area contributed by atoms with Crippen LogP contribution in [-0.4, -0.2) is 24.4 Å². The summed E-state index contributed by atoms with van der Waals surface area (Å²) in [5, 5.41) is 3.04. The first-order chi connectivity index (χ1) is 12.3. The van der Waals surface area contributed by atoms with E-state index in [0.717, 1.165) is 12.8 Å². The van der Waals surface area contributed by atoms with Crippen LogP contribution in [0.25, 0.3) is 0 Å². The fourth-order valence-corrected chi connectivity index (χ4v) is 4.13. The molecular formula is C21H45NO3S. The Morgan fingerprint density at radius 1 is 0.769 bits per heavy atom. The average molecular weight is 392 g/mol. The second-order valence-electron chi connectivity index (χ2n) is 8.26. The molecule has 2 N–H and O–H groups in total. The van der Waals surface area contributed by atoms with Gasteiger partial charge in [0.15, 0.2) is 0 Å². The van der Waals surface area contributed by atoms with Crippen LogP contribution in [0, 0.1) is 5.92 Å². The molecule has 0 heterocycles. The minimum Gasteiger partial charge on any atom is -0.297 e. The summed E-state index contributed by atoms with van der Waals surface area (Å²) >= 11 is 0. The van der Waals surface area contributed by atoms with Gasteiger partial charge in [-0.3, -0.25) is 9.87 Å². The molecule has 0 spiro atoms. The maximum Gasteiger partial charge on any atom is 0.283 e. The average Bonchev–Trinajstić information content (AvgIpc) is 2.56. The third-order valence-electron chi connectivity index (χ3n) is 5.64. The predicted octanol–water partition coefficient (Wildman–Crippen LogP) is 6.32. The van der Waals surface area contributed by atoms with Crippen LogP contribution >= 0.6 is 0 Å². The van der Waals surface area contributed by atoms with Crippen LogP contribution in [-0.2, 0) is 10.1 Å². The summed E-state index contributed by atoms with van der Waals surface area (Å²) in [5.74, 6) is -0.177. The molecule has 0 fully saturated rings. The SMILES string of the molecule is CCCCCCCCCCCCCCCCNC(C)(C(C)C)S(=O)(=O)O. The molecule has 0 aromatic rings. The van der Waals surface area contributed by atoms with E-state index in [4.69, 9.17) is 0 Å². The summed E-state index contributed by atoms with van der Waals surface area (Å²) in [6.45, 7) is 8.08. The van der Waals surface area contributed by atoms with Gasteiger partial charge in [0.1, 0.15) is 4.87 Å². The molecule has 1 atom stereocenters. The monoisotopic (exact) mass is 391 g/mol. The van der Waals surface area contributed by atoms with Gasteiger partial charge in [-0.15, -0.1) is 0 Å². The molecule has 0 radical (unpaired) electrons. The zero-order valence-electron chi connectivity index (χ0n) is 17.9. The number of rotatable bonds is 18. The first-order valence-corrected chi connectivity index (χ1v) is 12.4. The highest BCUT2D eigenvalue weighted by molar-refractivity contribution is 7.87. The topological polar surface area (TPSA) is 66.4 Å². The van der Waals surface area contributed by atoms with Gasteiger partial charge in [-0.2, -0.15) is 8.42 Å². The minimum atomic E-state index is -4.09. The van der Waals surface area contributed by atoms with Crippen molar-refractivity contribution in [2.75, 3.05) is 6.54 Å². The molecule has 4 nitrogen and oxygen atoms in total. The second kappa shape index (κ2) is 14.9. The van der Waals surface area contributed by atoms with Crippen molar-refractivity contribution >= 4 is 10.1 Å². The van der Waals surface area contributed by atoms with Crippen LogP contribution in [0.1, 0.15) is 118 Å². The third-order valence-corrected chi connectivity index (χ3v) is 7.33. The first-order valence-electron chi connectivity index (χ1n) is 11.0. The summed E-state index contributed by atoms with van der Waals surface area (Å²) in [6, 6.07) is 0. The molecule has 0 saturated carbocycles. The van der Waals surface area contributed by atoms with Crippen LogP contribution in [0.5, 0.6) is 0 Å². The van der Waals surface area contributed by atoms with E-state index in [0.29, 0.717) is 6.54 Å². The van der Waals surface area contributed by atoms with Gasteiger partial charge in [-0.25, -0.2) is 0 Å². The Morgan fingerprint density at radius 3 is 1.42 bits per heavy atom. The molecule has 0 bridgehead atoms. The Labute approximate surface area is 163 Å². The molecule has 1 unspecified atom stereocenters. The largest absolute Gasteiger partial charge is 0.297 e. The van der Waals surface area contributed by atoms with Crippen LogP contribution in [0.4, 0.5) is 0 Å². The fourth-order valence-electron chi connectivity index (χ4n) is 3.25. The van der Waals surface area contributed by atoms with Gasteiger partial charge in [0.05, 0.1) is 0 Å². The van der Waals surface area contributed by atoms with Crippen LogP contribution < -0.4 is 5.32 Å². The van der Waals surface area contributed by atoms with Crippen molar-refractivity contribution in [3.05, 3.63) is 0 Å². The zero-order chi connectivity index (χ0) is 19.9. The van der Waals surface area contributed by atoms with E-state index >= 15 is 0 Å². The van der Waals surface area contributed by atoms with Crippen molar-refractivity contribution in [3.8, 4) is 0 Å². The maximum absolute atomic E-state index is 11.6. The molecule has 0 amide bonds. The Morgan fingerprint density at radius 2 is 1.12 bits per heavy atom. The molecule has 0 aromatic heterocycles. The smallest absolute Gasteiger partial charge is 0.283 e. The minimum absolute atomic E-state index is 0.177. The van der Waals surface area contributed by atoms with Gasteiger partial charge in [0.25, 0.3) is 10.1 Å². The highest BCUT2D eigenvalue weighted by Gasteiger charge is 2.40. The molecule has 0 aliphatic heterocycles. The van der Waals surface area contributed by atoms with E-state index in [1.165, 1.54) is 77.0 Å². The lowest BCUT2D eigenvalue weighted by molar-refractivity contribution is 0.320. The number of nitrogens with one attached hydrogen (secondary N) is 1. The molecule has 158 valence electrons. The quantitative estimate of drug-likeness (QED) is 0.212. The molecule has 5 heteroatoms. The molecule has 0 saturated heterocycles. The van der Waals surface area contributed by atoms with Gasteiger partial charge in [0, 0.05) is 0 Å². The first kappa shape index (κ1) is 25.9. The van der Waals surface area contributed by atoms with Crippen LogP contribution in [0.2, 0.25) is 0 Å². The number of hydrogen-bond donors (Lipinski definition) is 2. The van der Waals surface area contributed by atoms with E-state index in [2.05, 4.69) is 12.2 Å². The van der Waals surface area contributed by atoms with E-state index in [1.807, 2.05) is 13.8 Å². The Hall–Kier alpha value is -0.130. The van der Waals surface area contributed by atoms with Crippen molar-refractivity contribution in [1.82, 2.24) is 5.32 Å². The highest BCUT2D eigenvalue weighted by Crippen LogP contribution is 2.22. The van der Waals surface area contributed by atoms with Crippen molar-refractivity contribution in [2.45, 2.75) is 122 Å². The zero-order valence-corrected chi connectivity index (χ0v) is 18.7. The van der Waals surface area contributed by atoms with E-state index in [1.54, 1.807) is 6.92 Å². The lowest BCUT2D eigenvalue weighted by Crippen LogP contribution is -2.53. The summed E-state index contributed by atoms with van der Waals surface area (Å²) in [6.07, 6.45) is 18.3. The molecule has 0 rings (SSSR count). The normalized spacial score (nSPS) is 14.7. The summed E-state index contributed by atoms with van der Waals surface area (Å²) in [4.78, 5) is -1.25. The van der Waals surface area contributed by atoms with Gasteiger partial charge >= 0.3 is 0 Å². The van der Waals surface area contributed by atoms with Crippen molar-refractivity contribution < 1.29 is 13.0 Å². The Bertz CT molecular complexity index is 423. The van der Waals surface area contributed by atoms with E-state index in [-0.39, 0.29) is 5.92 Å². The van der Waals surface area contributed by atoms with Crippen molar-refractivity contribution in [2.24, 2.45) is 5.92 Å². The summed E-state index contributed by atoms with van der Waals surface area (Å²) in [7, 11) is -4.09. The molecule has 26 heavy (non-hydrogen) atoms. The second-order valence-corrected chi connectivity index (χ2v) is 10.1. The van der Waals surface area contributed by atoms with Crippen LogP contribution in [0.15, 0.2) is 0 Å².